The van der Waals surface area contributed by atoms with Gasteiger partial charge in [-0.05, 0) is 19.2 Å². The largest absolute Gasteiger partial charge is 0.341 e. The molecule has 5 nitrogen and oxygen atoms in total. The normalized spacial score (nSPS) is 13.2. The van der Waals surface area contributed by atoms with Gasteiger partial charge in [0.25, 0.3) is 0 Å². The van der Waals surface area contributed by atoms with Crippen molar-refractivity contribution in [2.24, 2.45) is 5.92 Å². The summed E-state index contributed by atoms with van der Waals surface area (Å²) in [4.78, 5) is 11.2. The number of para-hydroxylation sites is 1. The van der Waals surface area contributed by atoms with Crippen molar-refractivity contribution in [1.29, 1.82) is 0 Å². The third-order valence-corrected chi connectivity index (χ3v) is 4.08. The van der Waals surface area contributed by atoms with Crippen molar-refractivity contribution in [3.63, 3.8) is 0 Å². The van der Waals surface area contributed by atoms with Crippen molar-refractivity contribution in [1.82, 2.24) is 5.32 Å². The number of nitrogens with one attached hydrogen (secondary N) is 2. The summed E-state index contributed by atoms with van der Waals surface area (Å²) in [5, 5.41) is 5.16. The topological polar surface area (TPSA) is 75.3 Å². The highest BCUT2D eigenvalue weighted by atomic mass is 32.2. The molecule has 0 fully saturated rings. The molecule has 1 unspecified atom stereocenters. The Morgan fingerprint density at radius 1 is 1.30 bits per heavy atom. The smallest absolute Gasteiger partial charge is 0.325 e. The van der Waals surface area contributed by atoms with Gasteiger partial charge in [-0.1, -0.05) is 19.1 Å². The van der Waals surface area contributed by atoms with Crippen molar-refractivity contribution >= 4 is 21.4 Å². The molecule has 1 amide bonds. The summed E-state index contributed by atoms with van der Waals surface area (Å²) in [5.41, 5.74) is -0.138. The zero-order valence-corrected chi connectivity index (χ0v) is 11.9. The van der Waals surface area contributed by atoms with Crippen LogP contribution in [0.1, 0.15) is 6.92 Å². The van der Waals surface area contributed by atoms with Crippen LogP contribution in [0.3, 0.4) is 0 Å². The average Bonchev–Trinajstić information content (AvgIpc) is 2.39. The van der Waals surface area contributed by atoms with Crippen LogP contribution in [0.25, 0.3) is 0 Å². The van der Waals surface area contributed by atoms with E-state index in [1.807, 2.05) is 0 Å². The molecule has 2 N–H and O–H groups in total. The number of anilines is 1. The quantitative estimate of drug-likeness (QED) is 0.835. The van der Waals surface area contributed by atoms with Crippen molar-refractivity contribution < 1.29 is 22.0 Å². The first-order valence-electron chi connectivity index (χ1n) is 5.87. The van der Waals surface area contributed by atoms with Crippen molar-refractivity contribution in [2.45, 2.75) is 17.6 Å². The van der Waals surface area contributed by atoms with Crippen LogP contribution >= 0.6 is 0 Å². The summed E-state index contributed by atoms with van der Waals surface area (Å²) in [5.74, 6) is -4.41. The Morgan fingerprint density at radius 3 is 2.45 bits per heavy atom. The number of rotatable bonds is 6. The molecule has 0 saturated heterocycles. The molecule has 0 bridgehead atoms. The lowest BCUT2D eigenvalue weighted by atomic mass is 10.1. The molecule has 0 heterocycles. The summed E-state index contributed by atoms with van der Waals surface area (Å²) in [7, 11) is -3.09. The molecular formula is C12H16F2N2O3S. The number of benzene rings is 1. The molecule has 0 aliphatic carbocycles. The molecule has 1 atom stereocenters. The maximum atomic E-state index is 12.6. The minimum Gasteiger partial charge on any atom is -0.325 e. The van der Waals surface area contributed by atoms with E-state index in [0.717, 1.165) is 6.07 Å². The molecule has 8 heteroatoms. The van der Waals surface area contributed by atoms with Crippen LogP contribution in [0.15, 0.2) is 29.2 Å². The highest BCUT2D eigenvalue weighted by molar-refractivity contribution is 7.91. The first kappa shape index (κ1) is 16.5. The summed E-state index contributed by atoms with van der Waals surface area (Å²) in [6, 6.07) is 5.10. The third kappa shape index (κ3) is 3.73. The Kier molecular flexibility index (Phi) is 5.58. The summed E-state index contributed by atoms with van der Waals surface area (Å²) >= 11 is 0. The Hall–Kier alpha value is -1.54. The summed E-state index contributed by atoms with van der Waals surface area (Å²) in [6.45, 7) is 2.02. The second-order valence-electron chi connectivity index (χ2n) is 4.25. The van der Waals surface area contributed by atoms with Gasteiger partial charge in [-0.25, -0.2) is 8.42 Å². The number of carbonyl (C=O) groups is 1. The lowest BCUT2D eigenvalue weighted by molar-refractivity contribution is -0.119. The Labute approximate surface area is 116 Å². The van der Waals surface area contributed by atoms with Gasteiger partial charge in [-0.2, -0.15) is 8.78 Å². The van der Waals surface area contributed by atoms with E-state index in [9.17, 15) is 22.0 Å². The molecule has 0 saturated carbocycles. The summed E-state index contributed by atoms with van der Waals surface area (Å²) < 4.78 is 48.2. The molecule has 0 spiro atoms. The second-order valence-corrected chi connectivity index (χ2v) is 6.14. The third-order valence-electron chi connectivity index (χ3n) is 2.64. The highest BCUT2D eigenvalue weighted by Gasteiger charge is 2.29. The number of halogens is 2. The van der Waals surface area contributed by atoms with Crippen LogP contribution < -0.4 is 10.6 Å². The first-order valence-corrected chi connectivity index (χ1v) is 7.42. The molecule has 0 radical (unpaired) electrons. The fourth-order valence-electron chi connectivity index (χ4n) is 1.57. The van der Waals surface area contributed by atoms with E-state index >= 15 is 0 Å². The van der Waals surface area contributed by atoms with Crippen LogP contribution in [0.2, 0.25) is 0 Å². The van der Waals surface area contributed by atoms with E-state index in [1.54, 1.807) is 14.0 Å². The number of amides is 1. The number of carbonyl (C=O) groups excluding carboxylic acids is 1. The van der Waals surface area contributed by atoms with Gasteiger partial charge in [-0.15, -0.1) is 0 Å². The van der Waals surface area contributed by atoms with Crippen LogP contribution in [-0.4, -0.2) is 33.7 Å². The van der Waals surface area contributed by atoms with Crippen LogP contribution in [0, 0.1) is 5.92 Å². The van der Waals surface area contributed by atoms with Crippen LogP contribution in [-0.2, 0) is 14.6 Å². The lowest BCUT2D eigenvalue weighted by Crippen LogP contribution is -2.29. The maximum absolute atomic E-state index is 12.6. The second kappa shape index (κ2) is 6.76. The van der Waals surface area contributed by atoms with E-state index in [1.165, 1.54) is 18.2 Å². The fraction of sp³-hybridized carbons (Fsp3) is 0.417. The highest BCUT2D eigenvalue weighted by Crippen LogP contribution is 2.26. The van der Waals surface area contributed by atoms with E-state index in [4.69, 9.17) is 0 Å². The van der Waals surface area contributed by atoms with Gasteiger partial charge in [-0.3, -0.25) is 4.79 Å². The summed E-state index contributed by atoms with van der Waals surface area (Å²) in [6.07, 6.45) is 0. The lowest BCUT2D eigenvalue weighted by Gasteiger charge is -2.14. The van der Waals surface area contributed by atoms with Gasteiger partial charge in [0.2, 0.25) is 15.7 Å². The zero-order valence-electron chi connectivity index (χ0n) is 11.1. The van der Waals surface area contributed by atoms with Gasteiger partial charge < -0.3 is 10.6 Å². The predicted molar refractivity (Wildman–Crippen MR) is 71.4 cm³/mol. The minimum absolute atomic E-state index is 0.138. The fourth-order valence-corrected chi connectivity index (χ4v) is 2.45. The molecule has 0 aliphatic heterocycles. The molecule has 1 aromatic carbocycles. The molecule has 0 aliphatic rings. The maximum Gasteiger partial charge on any atom is 0.341 e. The van der Waals surface area contributed by atoms with E-state index < -0.39 is 32.3 Å². The number of hydrogen-bond donors (Lipinski definition) is 2. The van der Waals surface area contributed by atoms with E-state index in [2.05, 4.69) is 10.6 Å². The zero-order chi connectivity index (χ0) is 15.3. The molecule has 1 aromatic rings. The van der Waals surface area contributed by atoms with Gasteiger partial charge in [0.1, 0.15) is 0 Å². The van der Waals surface area contributed by atoms with Crippen LogP contribution in [0.4, 0.5) is 14.5 Å². The molecule has 20 heavy (non-hydrogen) atoms. The number of sulfone groups is 1. The minimum atomic E-state index is -4.75. The molecular weight excluding hydrogens is 290 g/mol. The van der Waals surface area contributed by atoms with E-state index in [-0.39, 0.29) is 5.69 Å². The van der Waals surface area contributed by atoms with Crippen LogP contribution in [0.5, 0.6) is 0 Å². The Morgan fingerprint density at radius 2 is 1.90 bits per heavy atom. The van der Waals surface area contributed by atoms with Gasteiger partial charge in [0.05, 0.1) is 10.6 Å². The van der Waals surface area contributed by atoms with Gasteiger partial charge >= 0.3 is 5.76 Å². The molecule has 0 aromatic heterocycles. The van der Waals surface area contributed by atoms with Gasteiger partial charge in [0.15, 0.2) is 0 Å². The van der Waals surface area contributed by atoms with Gasteiger partial charge in [0, 0.05) is 12.5 Å². The van der Waals surface area contributed by atoms with E-state index in [0.29, 0.717) is 6.54 Å². The monoisotopic (exact) mass is 306 g/mol. The SMILES string of the molecule is CNCC(C)C(=O)Nc1ccccc1S(=O)(=O)C(F)F. The first-order chi connectivity index (χ1) is 9.30. The predicted octanol–water partition coefficient (Wildman–Crippen LogP) is 1.48. The van der Waals surface area contributed by atoms with Crippen molar-refractivity contribution in [2.75, 3.05) is 18.9 Å². The average molecular weight is 306 g/mol. The molecule has 112 valence electrons. The Balaban J connectivity index is 3.07. The standard InChI is InChI=1S/C12H16F2N2O3S/c1-8(7-15-2)11(17)16-9-5-3-4-6-10(9)20(18,19)12(13)14/h3-6,8,12,15H,7H2,1-2H3,(H,16,17). The number of alkyl halides is 2. The molecule has 1 rings (SSSR count). The number of hydrogen-bond acceptors (Lipinski definition) is 4. The van der Waals surface area contributed by atoms with Crippen molar-refractivity contribution in [3.8, 4) is 0 Å². The van der Waals surface area contributed by atoms with Crippen molar-refractivity contribution in [3.05, 3.63) is 24.3 Å². The Bertz CT molecular complexity index is 576.